The number of hydrogen-bond acceptors (Lipinski definition) is 9. The predicted octanol–water partition coefficient (Wildman–Crippen LogP) is 14.8. The summed E-state index contributed by atoms with van der Waals surface area (Å²) >= 11 is 0. The van der Waals surface area contributed by atoms with E-state index in [0.717, 1.165) is 57.8 Å². The quantitative estimate of drug-likeness (QED) is 0.0309. The molecule has 0 fully saturated rings. The fourth-order valence-corrected chi connectivity index (χ4v) is 7.80. The summed E-state index contributed by atoms with van der Waals surface area (Å²) in [6, 6.07) is 0. The molecule has 0 aromatic heterocycles. The van der Waals surface area contributed by atoms with Crippen LogP contribution in [-0.4, -0.2) is 71.9 Å². The fourth-order valence-electron chi connectivity index (χ4n) is 7.80. The molecule has 376 valence electrons. The average molecular weight is 899 g/mol. The molecule has 0 aliphatic heterocycles. The van der Waals surface area contributed by atoms with Crippen molar-refractivity contribution in [3.05, 3.63) is 0 Å². The third-order valence-corrected chi connectivity index (χ3v) is 12.0. The molecule has 0 saturated heterocycles. The molecule has 0 aliphatic carbocycles. The van der Waals surface area contributed by atoms with E-state index in [2.05, 4.69) is 20.8 Å². The van der Waals surface area contributed by atoms with Gasteiger partial charge >= 0.3 is 17.9 Å². The van der Waals surface area contributed by atoms with Gasteiger partial charge in [0.2, 0.25) is 0 Å². The minimum absolute atomic E-state index is 0.0619. The number of ether oxygens (including phenoxy) is 3. The van der Waals surface area contributed by atoms with Crippen molar-refractivity contribution in [2.75, 3.05) is 26.4 Å². The summed E-state index contributed by atoms with van der Waals surface area (Å²) in [6.45, 7) is 5.94. The molecule has 0 spiro atoms. The Morgan fingerprint density at radius 3 is 0.746 bits per heavy atom. The topological polar surface area (TPSA) is 140 Å². The highest BCUT2D eigenvalue weighted by Crippen LogP contribution is 2.17. The molecule has 0 bridgehead atoms. The molecule has 0 unspecified atom stereocenters. The zero-order valence-corrected chi connectivity index (χ0v) is 42.0. The van der Waals surface area contributed by atoms with E-state index in [0.29, 0.717) is 19.3 Å². The van der Waals surface area contributed by atoms with Crippen molar-refractivity contribution in [1.82, 2.24) is 0 Å². The summed E-state index contributed by atoms with van der Waals surface area (Å²) in [5, 5.41) is 24.0. The molecule has 0 saturated carbocycles. The van der Waals surface area contributed by atoms with Gasteiger partial charge in [-0.15, -0.1) is 0 Å². The van der Waals surface area contributed by atoms with Gasteiger partial charge in [0.25, 0.3) is 0 Å². The van der Waals surface area contributed by atoms with Gasteiger partial charge in [0.1, 0.15) is 19.3 Å². The first-order chi connectivity index (χ1) is 30.8. The van der Waals surface area contributed by atoms with Crippen LogP contribution in [0, 0.1) is 0 Å². The van der Waals surface area contributed by atoms with Crippen molar-refractivity contribution in [2.24, 2.45) is 0 Å². The highest BCUT2D eigenvalue weighted by molar-refractivity contribution is 5.71. The Labute approximate surface area is 389 Å². The average Bonchev–Trinajstić information content (AvgIpc) is 3.29. The summed E-state index contributed by atoms with van der Waals surface area (Å²) in [5.74, 6) is -0.842. The first kappa shape index (κ1) is 63.4. The number of unbranched alkanes of at least 4 members (excludes halogenated alkanes) is 36. The Morgan fingerprint density at radius 1 is 0.333 bits per heavy atom. The third-order valence-electron chi connectivity index (χ3n) is 12.0. The maximum absolute atomic E-state index is 12.8. The second-order valence-electron chi connectivity index (χ2n) is 18.5. The second kappa shape index (κ2) is 54.6. The van der Waals surface area contributed by atoms with Crippen molar-refractivity contribution in [3.63, 3.8) is 0 Å². The highest BCUT2D eigenvalue weighted by Gasteiger charge is 2.19. The van der Waals surface area contributed by atoms with Crippen molar-refractivity contribution < 1.29 is 43.9 Å². The van der Waals surface area contributed by atoms with Gasteiger partial charge in [-0.3, -0.25) is 14.4 Å². The van der Waals surface area contributed by atoms with Crippen molar-refractivity contribution in [1.29, 1.82) is 0 Å². The van der Waals surface area contributed by atoms with Gasteiger partial charge in [-0.1, -0.05) is 252 Å². The molecule has 63 heavy (non-hydrogen) atoms. The first-order valence-electron chi connectivity index (χ1n) is 27.2. The molecular weight excluding hydrogens is 793 g/mol. The van der Waals surface area contributed by atoms with E-state index >= 15 is 0 Å². The zero-order valence-electron chi connectivity index (χ0n) is 42.0. The Kier molecular flexibility index (Phi) is 54.9. The van der Waals surface area contributed by atoms with Crippen LogP contribution in [-0.2, 0) is 28.6 Å². The van der Waals surface area contributed by atoms with Crippen molar-refractivity contribution in [3.8, 4) is 0 Å². The maximum Gasteiger partial charge on any atom is 0.306 e. The van der Waals surface area contributed by atoms with Crippen LogP contribution in [0.15, 0.2) is 0 Å². The van der Waals surface area contributed by atoms with Crippen LogP contribution in [0.5, 0.6) is 0 Å². The number of hydrogen-bond donors (Lipinski definition) is 3. The smallest absolute Gasteiger partial charge is 0.306 e. The number of esters is 3. The Bertz CT molecular complexity index is 879. The van der Waals surface area contributed by atoms with E-state index in [4.69, 9.17) is 29.5 Å². The number of carbonyl (C=O) groups is 3. The zero-order chi connectivity index (χ0) is 46.5. The molecule has 0 rings (SSSR count). The first-order valence-corrected chi connectivity index (χ1v) is 27.2. The number of aliphatic hydroxyl groups excluding tert-OH is 3. The SMILES string of the molecule is CCCCCCCCCCCCCCCC(=O)OCC(COC(=O)CCCCCCCCCCCCCCC)OC(=O)CCCCCCCCCCCCCCC.OCC(O)CO. The normalized spacial score (nSPS) is 11.2. The lowest BCUT2D eigenvalue weighted by Crippen LogP contribution is -2.30. The van der Waals surface area contributed by atoms with E-state index < -0.39 is 12.2 Å². The molecule has 0 atom stereocenters. The largest absolute Gasteiger partial charge is 0.462 e. The maximum atomic E-state index is 12.8. The van der Waals surface area contributed by atoms with Gasteiger partial charge in [0.05, 0.1) is 13.2 Å². The minimum atomic E-state index is -0.954. The van der Waals surface area contributed by atoms with E-state index in [-0.39, 0.29) is 44.3 Å². The summed E-state index contributed by atoms with van der Waals surface area (Å²) in [6.07, 6.45) is 48.4. The van der Waals surface area contributed by atoms with Crippen molar-refractivity contribution >= 4 is 17.9 Å². The number of rotatable bonds is 49. The van der Waals surface area contributed by atoms with Crippen LogP contribution in [0.4, 0.5) is 0 Å². The molecule has 0 aliphatic rings. The summed E-state index contributed by atoms with van der Waals surface area (Å²) in [4.78, 5) is 37.9. The van der Waals surface area contributed by atoms with Gasteiger partial charge in [0.15, 0.2) is 6.10 Å². The lowest BCUT2D eigenvalue weighted by molar-refractivity contribution is -0.167. The van der Waals surface area contributed by atoms with Crippen LogP contribution < -0.4 is 0 Å². The van der Waals surface area contributed by atoms with Gasteiger partial charge < -0.3 is 29.5 Å². The van der Waals surface area contributed by atoms with Crippen LogP contribution in [0.25, 0.3) is 0 Å². The molecule has 9 nitrogen and oxygen atoms in total. The van der Waals surface area contributed by atoms with Gasteiger partial charge in [-0.25, -0.2) is 0 Å². The molecule has 0 aromatic carbocycles. The molecule has 0 radical (unpaired) electrons. The van der Waals surface area contributed by atoms with Crippen LogP contribution in [0.3, 0.4) is 0 Å². The summed E-state index contributed by atoms with van der Waals surface area (Å²) < 4.78 is 16.8. The molecule has 0 amide bonds. The molecule has 9 heteroatoms. The standard InChI is InChI=1S/C51H98O6.C3H8O3/c1-4-7-10-13-16-19-22-25-28-31-34-37-40-43-49(52)55-46-48(57-51(54)45-42-39-36-33-30-27-24-21-18-15-12-9-6-3)47-56-50(53)44-41-38-35-32-29-26-23-20-17-14-11-8-5-2;4-1-3(6)2-5/h48H,4-47H2,1-3H3;3-6H,1-2H2. The monoisotopic (exact) mass is 899 g/mol. The Morgan fingerprint density at radius 2 is 0.540 bits per heavy atom. The van der Waals surface area contributed by atoms with Gasteiger partial charge in [0, 0.05) is 19.3 Å². The molecule has 3 N–H and O–H groups in total. The van der Waals surface area contributed by atoms with E-state index in [1.807, 2.05) is 0 Å². The van der Waals surface area contributed by atoms with Gasteiger partial charge in [-0.2, -0.15) is 0 Å². The van der Waals surface area contributed by atoms with Crippen LogP contribution >= 0.6 is 0 Å². The molecule has 0 aromatic rings. The lowest BCUT2D eigenvalue weighted by Gasteiger charge is -2.18. The number of carbonyl (C=O) groups excluding carboxylic acids is 3. The molecule has 0 heterocycles. The van der Waals surface area contributed by atoms with Crippen molar-refractivity contribution in [2.45, 2.75) is 303 Å². The third kappa shape index (κ3) is 54.5. The number of aliphatic hydroxyl groups is 3. The van der Waals surface area contributed by atoms with Crippen LogP contribution in [0.1, 0.15) is 290 Å². The van der Waals surface area contributed by atoms with E-state index in [1.54, 1.807) is 0 Å². The van der Waals surface area contributed by atoms with Crippen LogP contribution in [0.2, 0.25) is 0 Å². The minimum Gasteiger partial charge on any atom is -0.462 e. The Balaban J connectivity index is 0. The lowest BCUT2D eigenvalue weighted by atomic mass is 10.0. The van der Waals surface area contributed by atoms with Gasteiger partial charge in [-0.05, 0) is 19.3 Å². The predicted molar refractivity (Wildman–Crippen MR) is 263 cm³/mol. The van der Waals surface area contributed by atoms with E-state index in [1.165, 1.54) is 193 Å². The fraction of sp³-hybridized carbons (Fsp3) is 0.944. The summed E-state index contributed by atoms with van der Waals surface area (Å²) in [7, 11) is 0. The highest BCUT2D eigenvalue weighted by atomic mass is 16.6. The summed E-state index contributed by atoms with van der Waals surface area (Å²) in [5.41, 5.74) is 0. The molecular formula is C54H106O9. The van der Waals surface area contributed by atoms with E-state index in [9.17, 15) is 14.4 Å². The second-order valence-corrected chi connectivity index (χ2v) is 18.5. The Hall–Kier alpha value is -1.71.